The SMILES string of the molecule is CCNC(=O)CNC(=O)c1ccc(OC)c(S(=O)(=O)N2CCCC[C@@H]2C)c1. The van der Waals surface area contributed by atoms with Crippen LogP contribution in [-0.2, 0) is 14.8 Å². The van der Waals surface area contributed by atoms with Crippen LogP contribution in [0.2, 0.25) is 0 Å². The smallest absolute Gasteiger partial charge is 0.251 e. The second-order valence-corrected chi connectivity index (χ2v) is 8.32. The van der Waals surface area contributed by atoms with E-state index in [2.05, 4.69) is 10.6 Å². The molecule has 9 heteroatoms. The molecule has 1 saturated heterocycles. The number of ether oxygens (including phenoxy) is 1. The lowest BCUT2D eigenvalue weighted by Crippen LogP contribution is -2.42. The molecule has 1 aromatic carbocycles. The molecule has 0 radical (unpaired) electrons. The summed E-state index contributed by atoms with van der Waals surface area (Å²) < 4.78 is 33.0. The standard InChI is InChI=1S/C18H27N3O5S/c1-4-19-17(22)12-20-18(23)14-8-9-15(26-3)16(11-14)27(24,25)21-10-6-5-7-13(21)2/h8-9,11,13H,4-7,10,12H2,1-3H3,(H,19,22)(H,20,23)/t13-/m0/s1. The summed E-state index contributed by atoms with van der Waals surface area (Å²) in [7, 11) is -2.41. The van der Waals surface area contributed by atoms with Gasteiger partial charge in [0.15, 0.2) is 0 Å². The van der Waals surface area contributed by atoms with Crippen LogP contribution in [0.5, 0.6) is 5.75 Å². The Morgan fingerprint density at radius 3 is 2.63 bits per heavy atom. The minimum Gasteiger partial charge on any atom is -0.495 e. The fourth-order valence-corrected chi connectivity index (χ4v) is 4.98. The minimum absolute atomic E-state index is 0.0376. The van der Waals surface area contributed by atoms with Crippen LogP contribution >= 0.6 is 0 Å². The third-order valence-corrected chi connectivity index (χ3v) is 6.57. The molecule has 27 heavy (non-hydrogen) atoms. The van der Waals surface area contributed by atoms with Gasteiger partial charge in [0.2, 0.25) is 15.9 Å². The van der Waals surface area contributed by atoms with E-state index in [1.54, 1.807) is 6.92 Å². The summed E-state index contributed by atoms with van der Waals surface area (Å²) in [5.74, 6) is -0.644. The zero-order valence-corrected chi connectivity index (χ0v) is 16.8. The van der Waals surface area contributed by atoms with E-state index in [0.717, 1.165) is 19.3 Å². The second-order valence-electron chi connectivity index (χ2n) is 6.46. The largest absolute Gasteiger partial charge is 0.495 e. The summed E-state index contributed by atoms with van der Waals surface area (Å²) in [6.07, 6.45) is 2.60. The molecule has 1 heterocycles. The van der Waals surface area contributed by atoms with Gasteiger partial charge in [0.25, 0.3) is 5.91 Å². The van der Waals surface area contributed by atoms with E-state index >= 15 is 0 Å². The third-order valence-electron chi connectivity index (χ3n) is 4.54. The number of carbonyl (C=O) groups is 2. The molecule has 150 valence electrons. The number of nitrogens with one attached hydrogen (secondary N) is 2. The molecular weight excluding hydrogens is 370 g/mol. The van der Waals surface area contributed by atoms with Gasteiger partial charge in [-0.1, -0.05) is 6.42 Å². The quantitative estimate of drug-likeness (QED) is 0.717. The number of methoxy groups -OCH3 is 1. The topological polar surface area (TPSA) is 105 Å². The lowest BCUT2D eigenvalue weighted by Gasteiger charge is -2.32. The first kappa shape index (κ1) is 21.2. The van der Waals surface area contributed by atoms with E-state index in [1.165, 1.54) is 29.6 Å². The van der Waals surface area contributed by atoms with Crippen molar-refractivity contribution in [2.75, 3.05) is 26.7 Å². The number of hydrogen-bond donors (Lipinski definition) is 2. The normalized spacial score (nSPS) is 18.0. The first-order valence-electron chi connectivity index (χ1n) is 9.06. The van der Waals surface area contributed by atoms with Crippen molar-refractivity contribution in [1.82, 2.24) is 14.9 Å². The maximum absolute atomic E-state index is 13.2. The third kappa shape index (κ3) is 4.98. The van der Waals surface area contributed by atoms with Gasteiger partial charge < -0.3 is 15.4 Å². The predicted octanol–water partition coefficient (Wildman–Crippen LogP) is 1.12. The summed E-state index contributed by atoms with van der Waals surface area (Å²) >= 11 is 0. The summed E-state index contributed by atoms with van der Waals surface area (Å²) in [5, 5.41) is 5.07. The van der Waals surface area contributed by atoms with Crippen molar-refractivity contribution in [2.24, 2.45) is 0 Å². The average molecular weight is 397 g/mol. The lowest BCUT2D eigenvalue weighted by atomic mass is 10.1. The van der Waals surface area contributed by atoms with Crippen LogP contribution in [0.25, 0.3) is 0 Å². The van der Waals surface area contributed by atoms with E-state index in [1.807, 2.05) is 6.92 Å². The highest BCUT2D eigenvalue weighted by atomic mass is 32.2. The van der Waals surface area contributed by atoms with Crippen LogP contribution in [0.3, 0.4) is 0 Å². The highest BCUT2D eigenvalue weighted by molar-refractivity contribution is 7.89. The average Bonchev–Trinajstić information content (AvgIpc) is 2.66. The molecule has 0 bridgehead atoms. The lowest BCUT2D eigenvalue weighted by molar-refractivity contribution is -0.120. The van der Waals surface area contributed by atoms with Crippen LogP contribution in [0.4, 0.5) is 0 Å². The first-order valence-corrected chi connectivity index (χ1v) is 10.5. The molecule has 1 atom stereocenters. The van der Waals surface area contributed by atoms with Crippen molar-refractivity contribution in [1.29, 1.82) is 0 Å². The van der Waals surface area contributed by atoms with Crippen molar-refractivity contribution in [3.8, 4) is 5.75 Å². The van der Waals surface area contributed by atoms with E-state index in [4.69, 9.17) is 4.74 Å². The number of piperidine rings is 1. The molecule has 2 rings (SSSR count). The van der Waals surface area contributed by atoms with E-state index < -0.39 is 15.9 Å². The van der Waals surface area contributed by atoms with Gasteiger partial charge in [-0.25, -0.2) is 8.42 Å². The number of likely N-dealkylation sites (N-methyl/N-ethyl adjacent to an activating group) is 1. The maximum Gasteiger partial charge on any atom is 0.251 e. The second kappa shape index (κ2) is 9.18. The Hall–Kier alpha value is -2.13. The fourth-order valence-electron chi connectivity index (χ4n) is 3.10. The van der Waals surface area contributed by atoms with Gasteiger partial charge in [-0.15, -0.1) is 0 Å². The van der Waals surface area contributed by atoms with Crippen LogP contribution in [0.1, 0.15) is 43.5 Å². The van der Waals surface area contributed by atoms with Crippen molar-refractivity contribution < 1.29 is 22.7 Å². The number of sulfonamides is 1. The maximum atomic E-state index is 13.2. The zero-order valence-electron chi connectivity index (χ0n) is 15.9. The molecule has 8 nitrogen and oxygen atoms in total. The molecule has 1 aliphatic rings. The number of benzene rings is 1. The molecule has 2 amide bonds. The monoisotopic (exact) mass is 397 g/mol. The number of carbonyl (C=O) groups excluding carboxylic acids is 2. The minimum atomic E-state index is -3.80. The van der Waals surface area contributed by atoms with Gasteiger partial charge in [-0.3, -0.25) is 9.59 Å². The van der Waals surface area contributed by atoms with Crippen LogP contribution in [0, 0.1) is 0 Å². The summed E-state index contributed by atoms with van der Waals surface area (Å²) in [6.45, 7) is 4.39. The summed E-state index contributed by atoms with van der Waals surface area (Å²) in [6, 6.07) is 4.14. The summed E-state index contributed by atoms with van der Waals surface area (Å²) in [5.41, 5.74) is 0.156. The number of rotatable bonds is 7. The van der Waals surface area contributed by atoms with Crippen molar-refractivity contribution in [3.05, 3.63) is 23.8 Å². The Balaban J connectivity index is 2.29. The Morgan fingerprint density at radius 1 is 1.26 bits per heavy atom. The van der Waals surface area contributed by atoms with Crippen molar-refractivity contribution in [2.45, 2.75) is 44.0 Å². The predicted molar refractivity (Wildman–Crippen MR) is 101 cm³/mol. The van der Waals surface area contributed by atoms with Gasteiger partial charge in [0.1, 0.15) is 10.6 Å². The van der Waals surface area contributed by atoms with Crippen molar-refractivity contribution >= 4 is 21.8 Å². The highest BCUT2D eigenvalue weighted by Crippen LogP contribution is 2.31. The van der Waals surface area contributed by atoms with Crippen LogP contribution < -0.4 is 15.4 Å². The highest BCUT2D eigenvalue weighted by Gasteiger charge is 2.33. The molecule has 2 N–H and O–H groups in total. The Morgan fingerprint density at radius 2 is 2.00 bits per heavy atom. The van der Waals surface area contributed by atoms with Gasteiger partial charge in [-0.05, 0) is 44.9 Å². The molecule has 0 aromatic heterocycles. The number of nitrogens with zero attached hydrogens (tertiary/aromatic N) is 1. The molecule has 0 spiro atoms. The first-order chi connectivity index (χ1) is 12.8. The van der Waals surface area contributed by atoms with Crippen LogP contribution in [-0.4, -0.2) is 57.3 Å². The zero-order chi connectivity index (χ0) is 20.0. The Kier molecular flexibility index (Phi) is 7.20. The van der Waals surface area contributed by atoms with Gasteiger partial charge in [-0.2, -0.15) is 4.31 Å². The molecular formula is C18H27N3O5S. The fraction of sp³-hybridized carbons (Fsp3) is 0.556. The molecule has 0 saturated carbocycles. The molecule has 1 aromatic rings. The number of hydrogen-bond acceptors (Lipinski definition) is 5. The molecule has 0 unspecified atom stereocenters. The number of amides is 2. The summed E-state index contributed by atoms with van der Waals surface area (Å²) in [4.78, 5) is 23.8. The molecule has 1 fully saturated rings. The van der Waals surface area contributed by atoms with Crippen LogP contribution in [0.15, 0.2) is 23.1 Å². The molecule has 1 aliphatic heterocycles. The van der Waals surface area contributed by atoms with Crippen molar-refractivity contribution in [3.63, 3.8) is 0 Å². The van der Waals surface area contributed by atoms with E-state index in [-0.39, 0.29) is 34.7 Å². The Labute approximate surface area is 160 Å². The van der Waals surface area contributed by atoms with Gasteiger partial charge >= 0.3 is 0 Å². The van der Waals surface area contributed by atoms with E-state index in [9.17, 15) is 18.0 Å². The Bertz CT molecular complexity index is 794. The van der Waals surface area contributed by atoms with Gasteiger partial charge in [0.05, 0.1) is 13.7 Å². The van der Waals surface area contributed by atoms with E-state index in [0.29, 0.717) is 13.1 Å². The molecule has 0 aliphatic carbocycles. The van der Waals surface area contributed by atoms with Gasteiger partial charge in [0, 0.05) is 24.7 Å².